The van der Waals surface area contributed by atoms with Crippen LogP contribution in [0.3, 0.4) is 0 Å². The third-order valence-electron chi connectivity index (χ3n) is 5.53. The maximum atomic E-state index is 11.9. The number of nitrogens with one attached hydrogen (secondary N) is 1. The van der Waals surface area contributed by atoms with Crippen molar-refractivity contribution >= 4 is 22.8 Å². The van der Waals surface area contributed by atoms with Gasteiger partial charge in [-0.15, -0.1) is 0 Å². The van der Waals surface area contributed by atoms with E-state index < -0.39 is 0 Å². The second-order valence-corrected chi connectivity index (χ2v) is 8.13. The average Bonchev–Trinajstić information content (AvgIpc) is 3.02. The first-order valence-electron chi connectivity index (χ1n) is 9.62. The van der Waals surface area contributed by atoms with Gasteiger partial charge in [-0.05, 0) is 67.9 Å². The molecule has 2 aromatic rings. The van der Waals surface area contributed by atoms with Crippen LogP contribution in [0.1, 0.15) is 63.1 Å². The standard InChI is InChI=1S/C24H29NO2/c1-16(8-11-21-17(2)7-6-12-24(21,3)4)13-22-20-14-18(23(26)25-5)9-10-19(20)15-27-22/h8-11,13-15H,6-7,12H2,1-5H3,(H,25,26). The molecule has 0 unspecified atom stereocenters. The molecule has 0 spiro atoms. The Morgan fingerprint density at radius 1 is 1.30 bits per heavy atom. The van der Waals surface area contributed by atoms with Crippen molar-refractivity contribution in [3.63, 3.8) is 0 Å². The highest BCUT2D eigenvalue weighted by Gasteiger charge is 2.26. The lowest BCUT2D eigenvalue weighted by atomic mass is 9.72. The molecule has 0 bridgehead atoms. The van der Waals surface area contributed by atoms with E-state index in [0.29, 0.717) is 5.56 Å². The van der Waals surface area contributed by atoms with Gasteiger partial charge >= 0.3 is 0 Å². The van der Waals surface area contributed by atoms with Gasteiger partial charge in [0.1, 0.15) is 5.76 Å². The molecule has 0 saturated heterocycles. The Balaban J connectivity index is 1.91. The van der Waals surface area contributed by atoms with E-state index in [1.807, 2.05) is 24.3 Å². The second-order valence-electron chi connectivity index (χ2n) is 8.13. The number of hydrogen-bond acceptors (Lipinski definition) is 2. The number of hydrogen-bond donors (Lipinski definition) is 1. The molecule has 0 aliphatic heterocycles. The first kappa shape index (κ1) is 19.2. The number of fused-ring (bicyclic) bond motifs is 1. The van der Waals surface area contributed by atoms with Gasteiger partial charge in [0.15, 0.2) is 0 Å². The molecule has 27 heavy (non-hydrogen) atoms. The van der Waals surface area contributed by atoms with Gasteiger partial charge in [0.25, 0.3) is 5.91 Å². The zero-order valence-corrected chi connectivity index (χ0v) is 17.0. The van der Waals surface area contributed by atoms with E-state index in [2.05, 4.69) is 45.2 Å². The van der Waals surface area contributed by atoms with Crippen molar-refractivity contribution < 1.29 is 9.21 Å². The number of allylic oxidation sites excluding steroid dienone is 5. The van der Waals surface area contributed by atoms with Gasteiger partial charge in [-0.25, -0.2) is 0 Å². The van der Waals surface area contributed by atoms with E-state index >= 15 is 0 Å². The molecule has 1 aliphatic carbocycles. The van der Waals surface area contributed by atoms with Crippen LogP contribution in [0.5, 0.6) is 0 Å². The summed E-state index contributed by atoms with van der Waals surface area (Å²) in [7, 11) is 1.64. The lowest BCUT2D eigenvalue weighted by Gasteiger charge is -2.32. The summed E-state index contributed by atoms with van der Waals surface area (Å²) in [5, 5.41) is 4.62. The lowest BCUT2D eigenvalue weighted by Crippen LogP contribution is -2.19. The minimum atomic E-state index is -0.0911. The van der Waals surface area contributed by atoms with Crippen molar-refractivity contribution in [1.82, 2.24) is 5.32 Å². The minimum Gasteiger partial charge on any atom is -0.464 e. The van der Waals surface area contributed by atoms with Crippen molar-refractivity contribution in [2.24, 2.45) is 5.41 Å². The Labute approximate surface area is 161 Å². The van der Waals surface area contributed by atoms with Crippen LogP contribution < -0.4 is 5.32 Å². The first-order valence-corrected chi connectivity index (χ1v) is 9.62. The van der Waals surface area contributed by atoms with Gasteiger partial charge in [-0.1, -0.05) is 37.6 Å². The summed E-state index contributed by atoms with van der Waals surface area (Å²) in [5.41, 5.74) is 4.94. The van der Waals surface area contributed by atoms with Crippen LogP contribution in [0, 0.1) is 5.41 Å². The van der Waals surface area contributed by atoms with E-state index in [1.54, 1.807) is 13.3 Å². The first-order chi connectivity index (χ1) is 12.8. The second kappa shape index (κ2) is 7.59. The molecular weight excluding hydrogens is 334 g/mol. The molecule has 1 aromatic carbocycles. The summed E-state index contributed by atoms with van der Waals surface area (Å²) in [6.45, 7) is 8.99. The van der Waals surface area contributed by atoms with Crippen molar-refractivity contribution in [2.75, 3.05) is 7.05 Å². The Morgan fingerprint density at radius 2 is 2.07 bits per heavy atom. The topological polar surface area (TPSA) is 42.2 Å². The zero-order chi connectivity index (χ0) is 19.6. The summed E-state index contributed by atoms with van der Waals surface area (Å²) in [4.78, 5) is 11.9. The van der Waals surface area contributed by atoms with Gasteiger partial charge < -0.3 is 9.73 Å². The fourth-order valence-electron chi connectivity index (χ4n) is 3.94. The average molecular weight is 364 g/mol. The number of rotatable bonds is 4. The van der Waals surface area contributed by atoms with Gasteiger partial charge in [-0.2, -0.15) is 0 Å². The molecular formula is C24H29NO2. The molecule has 0 radical (unpaired) electrons. The number of furan rings is 1. The van der Waals surface area contributed by atoms with Crippen LogP contribution >= 0.6 is 0 Å². The summed E-state index contributed by atoms with van der Waals surface area (Å²) in [5.74, 6) is 0.693. The van der Waals surface area contributed by atoms with Crippen LogP contribution in [0.25, 0.3) is 16.8 Å². The molecule has 1 heterocycles. The van der Waals surface area contributed by atoms with Gasteiger partial charge in [0, 0.05) is 23.4 Å². The van der Waals surface area contributed by atoms with Crippen LogP contribution in [0.15, 0.2) is 57.8 Å². The molecule has 3 rings (SSSR count). The minimum absolute atomic E-state index is 0.0911. The van der Waals surface area contributed by atoms with Crippen LogP contribution in [-0.2, 0) is 0 Å². The molecule has 1 aromatic heterocycles. The Kier molecular flexibility index (Phi) is 5.41. The number of carbonyl (C=O) groups is 1. The predicted molar refractivity (Wildman–Crippen MR) is 113 cm³/mol. The molecule has 1 amide bonds. The molecule has 0 fully saturated rings. The fourth-order valence-corrected chi connectivity index (χ4v) is 3.94. The SMILES string of the molecule is CNC(=O)c1ccc2coc(C=C(C)C=CC3=C(C)CCCC3(C)C)c2c1. The molecule has 142 valence electrons. The maximum Gasteiger partial charge on any atom is 0.251 e. The van der Waals surface area contributed by atoms with Crippen LogP contribution in [-0.4, -0.2) is 13.0 Å². The highest BCUT2D eigenvalue weighted by molar-refractivity contribution is 6.00. The lowest BCUT2D eigenvalue weighted by molar-refractivity contribution is 0.0963. The van der Waals surface area contributed by atoms with E-state index in [1.165, 1.54) is 30.4 Å². The Bertz CT molecular complexity index is 954. The summed E-state index contributed by atoms with van der Waals surface area (Å²) in [6, 6.07) is 5.62. The highest BCUT2D eigenvalue weighted by Crippen LogP contribution is 2.40. The monoisotopic (exact) mass is 363 g/mol. The van der Waals surface area contributed by atoms with Crippen molar-refractivity contribution in [2.45, 2.75) is 47.0 Å². The molecule has 0 saturated carbocycles. The fraction of sp³-hybridized carbons (Fsp3) is 0.375. The molecule has 1 aliphatic rings. The Morgan fingerprint density at radius 3 is 2.78 bits per heavy atom. The summed E-state index contributed by atoms with van der Waals surface area (Å²) in [6.07, 6.45) is 11.9. The Hall–Kier alpha value is -2.55. The quantitative estimate of drug-likeness (QED) is 0.650. The summed E-state index contributed by atoms with van der Waals surface area (Å²) >= 11 is 0. The number of benzene rings is 1. The van der Waals surface area contributed by atoms with Gasteiger partial charge in [0.05, 0.1) is 6.26 Å². The van der Waals surface area contributed by atoms with Gasteiger partial charge in [-0.3, -0.25) is 4.79 Å². The molecule has 1 N–H and O–H groups in total. The largest absolute Gasteiger partial charge is 0.464 e. The van der Waals surface area contributed by atoms with Crippen molar-refractivity contribution in [3.05, 3.63) is 64.7 Å². The van der Waals surface area contributed by atoms with E-state index in [-0.39, 0.29) is 11.3 Å². The highest BCUT2D eigenvalue weighted by atomic mass is 16.3. The molecule has 3 heteroatoms. The smallest absolute Gasteiger partial charge is 0.251 e. The maximum absolute atomic E-state index is 11.9. The normalized spacial score (nSPS) is 17.7. The molecule has 3 nitrogen and oxygen atoms in total. The summed E-state index contributed by atoms with van der Waals surface area (Å²) < 4.78 is 5.75. The van der Waals surface area contributed by atoms with E-state index in [4.69, 9.17) is 4.42 Å². The van der Waals surface area contributed by atoms with Crippen molar-refractivity contribution in [1.29, 1.82) is 0 Å². The van der Waals surface area contributed by atoms with Gasteiger partial charge in [0.2, 0.25) is 0 Å². The van der Waals surface area contributed by atoms with Crippen LogP contribution in [0.2, 0.25) is 0 Å². The predicted octanol–water partition coefficient (Wildman–Crippen LogP) is 6.28. The van der Waals surface area contributed by atoms with Crippen molar-refractivity contribution in [3.8, 4) is 0 Å². The third kappa shape index (κ3) is 4.08. The van der Waals surface area contributed by atoms with E-state index in [9.17, 15) is 4.79 Å². The van der Waals surface area contributed by atoms with E-state index in [0.717, 1.165) is 22.1 Å². The van der Waals surface area contributed by atoms with Crippen LogP contribution in [0.4, 0.5) is 0 Å². The number of carbonyl (C=O) groups excluding carboxylic acids is 1. The third-order valence-corrected chi connectivity index (χ3v) is 5.53. The molecule has 0 atom stereocenters. The zero-order valence-electron chi connectivity index (χ0n) is 17.0. The number of amides is 1.